The van der Waals surface area contributed by atoms with Gasteiger partial charge in [0.25, 0.3) is 5.91 Å². The molecule has 6 heteroatoms. The third-order valence-electron chi connectivity index (χ3n) is 7.82. The van der Waals surface area contributed by atoms with Gasteiger partial charge in [-0.3, -0.25) is 9.69 Å². The van der Waals surface area contributed by atoms with Crippen LogP contribution in [0.4, 0.5) is 10.1 Å². The first-order chi connectivity index (χ1) is 19.1. The molecule has 0 heterocycles. The van der Waals surface area contributed by atoms with Crippen LogP contribution in [0.2, 0.25) is 18.1 Å². The molecule has 0 aromatic heterocycles. The molecule has 0 bridgehead atoms. The predicted molar refractivity (Wildman–Crippen MR) is 167 cm³/mol. The Morgan fingerprint density at radius 1 is 0.975 bits per heavy atom. The molecule has 3 rings (SSSR count). The molecule has 1 atom stereocenters. The van der Waals surface area contributed by atoms with Crippen molar-refractivity contribution in [2.75, 3.05) is 18.6 Å². The Morgan fingerprint density at radius 2 is 1.57 bits per heavy atom. The van der Waals surface area contributed by atoms with Gasteiger partial charge in [0, 0.05) is 17.9 Å². The summed E-state index contributed by atoms with van der Waals surface area (Å²) in [4.78, 5) is 15.4. The topological polar surface area (TPSA) is 38.8 Å². The standard InChI is InChI=1S/C34H44FNO3Si/c1-7-24-34(2,3)40(5,6)39-25-14-19-31(35)32(26-27-15-10-8-11-16-27)36(29-20-22-30(38-4)23-21-29)33(37)28-17-12-9-13-18-28/h8-13,15-18,20-23,26,31H,7,14,19,24-25H2,1-6H3. The van der Waals surface area contributed by atoms with Crippen LogP contribution in [0.5, 0.6) is 5.75 Å². The van der Waals surface area contributed by atoms with Crippen molar-refractivity contribution in [3.8, 4) is 5.75 Å². The molecule has 0 aliphatic carbocycles. The Bertz CT molecular complexity index is 1230. The number of anilines is 1. The van der Waals surface area contributed by atoms with Gasteiger partial charge in [0.05, 0.1) is 12.8 Å². The lowest BCUT2D eigenvalue weighted by atomic mass is 10.0. The van der Waals surface area contributed by atoms with Gasteiger partial charge in [0.1, 0.15) is 11.9 Å². The maximum Gasteiger partial charge on any atom is 0.262 e. The molecule has 0 N–H and O–H groups in total. The molecule has 0 fully saturated rings. The average molecular weight is 562 g/mol. The highest BCUT2D eigenvalue weighted by Crippen LogP contribution is 2.42. The second-order valence-electron chi connectivity index (χ2n) is 11.3. The summed E-state index contributed by atoms with van der Waals surface area (Å²) < 4.78 is 28.1. The van der Waals surface area contributed by atoms with Crippen molar-refractivity contribution in [3.05, 3.63) is 102 Å². The van der Waals surface area contributed by atoms with E-state index in [9.17, 15) is 4.79 Å². The zero-order valence-corrected chi connectivity index (χ0v) is 25.8. The molecular formula is C34H44FNO3Si. The Morgan fingerprint density at radius 3 is 2.15 bits per heavy atom. The number of amides is 1. The molecule has 3 aromatic rings. The first-order valence-corrected chi connectivity index (χ1v) is 17.1. The number of nitrogens with zero attached hydrogens (tertiary/aromatic N) is 1. The quantitative estimate of drug-likeness (QED) is 0.145. The van der Waals surface area contributed by atoms with Gasteiger partial charge < -0.3 is 9.16 Å². The highest BCUT2D eigenvalue weighted by Gasteiger charge is 2.40. The lowest BCUT2D eigenvalue weighted by Gasteiger charge is -2.39. The molecule has 0 aliphatic rings. The van der Waals surface area contributed by atoms with E-state index in [0.29, 0.717) is 35.7 Å². The highest BCUT2D eigenvalue weighted by atomic mass is 28.4. The minimum Gasteiger partial charge on any atom is -0.497 e. The second-order valence-corrected chi connectivity index (χ2v) is 15.9. The molecule has 3 aromatic carbocycles. The number of carbonyl (C=O) groups excluding carboxylic acids is 1. The largest absolute Gasteiger partial charge is 0.497 e. The van der Waals surface area contributed by atoms with Gasteiger partial charge in [-0.15, -0.1) is 0 Å². The second kappa shape index (κ2) is 14.4. The van der Waals surface area contributed by atoms with Crippen LogP contribution in [0.1, 0.15) is 62.4 Å². The first-order valence-electron chi connectivity index (χ1n) is 14.2. The van der Waals surface area contributed by atoms with Crippen LogP contribution < -0.4 is 9.64 Å². The van der Waals surface area contributed by atoms with Crippen LogP contribution in [-0.2, 0) is 4.43 Å². The molecular weight excluding hydrogens is 517 g/mol. The number of hydrogen-bond donors (Lipinski definition) is 0. The molecule has 1 amide bonds. The third-order valence-corrected chi connectivity index (χ3v) is 12.3. The fourth-order valence-electron chi connectivity index (χ4n) is 4.70. The summed E-state index contributed by atoms with van der Waals surface area (Å²) in [5.74, 6) is 0.373. The molecule has 1 unspecified atom stereocenters. The first kappa shape index (κ1) is 31.3. The summed E-state index contributed by atoms with van der Waals surface area (Å²) in [6, 6.07) is 25.7. The van der Waals surface area contributed by atoms with Crippen LogP contribution in [0.3, 0.4) is 0 Å². The van der Waals surface area contributed by atoms with E-state index in [4.69, 9.17) is 9.16 Å². The van der Waals surface area contributed by atoms with Crippen molar-refractivity contribution >= 4 is 26.0 Å². The molecule has 0 spiro atoms. The molecule has 4 nitrogen and oxygen atoms in total. The van der Waals surface area contributed by atoms with Gasteiger partial charge in [0.15, 0.2) is 8.32 Å². The Hall–Kier alpha value is -3.22. The maximum absolute atomic E-state index is 16.4. The van der Waals surface area contributed by atoms with Crippen LogP contribution >= 0.6 is 0 Å². The molecule has 40 heavy (non-hydrogen) atoms. The smallest absolute Gasteiger partial charge is 0.262 e. The van der Waals surface area contributed by atoms with E-state index in [-0.39, 0.29) is 17.4 Å². The van der Waals surface area contributed by atoms with Crippen molar-refractivity contribution in [1.29, 1.82) is 0 Å². The molecule has 214 valence electrons. The monoisotopic (exact) mass is 561 g/mol. The fraction of sp³-hybridized carbons (Fsp3) is 0.382. The van der Waals surface area contributed by atoms with Gasteiger partial charge in [-0.2, -0.15) is 0 Å². The molecule has 0 aliphatic heterocycles. The van der Waals surface area contributed by atoms with Crippen molar-refractivity contribution in [1.82, 2.24) is 0 Å². The van der Waals surface area contributed by atoms with E-state index >= 15 is 4.39 Å². The van der Waals surface area contributed by atoms with Crippen LogP contribution in [0.25, 0.3) is 6.08 Å². The van der Waals surface area contributed by atoms with Gasteiger partial charge in [-0.25, -0.2) is 4.39 Å². The van der Waals surface area contributed by atoms with Crippen LogP contribution in [0, 0.1) is 0 Å². The minimum atomic E-state index is -1.97. The van der Waals surface area contributed by atoms with E-state index < -0.39 is 14.5 Å². The third kappa shape index (κ3) is 8.15. The van der Waals surface area contributed by atoms with E-state index in [1.54, 1.807) is 49.6 Å². The van der Waals surface area contributed by atoms with E-state index in [2.05, 4.69) is 33.9 Å². The maximum atomic E-state index is 16.4. The van der Waals surface area contributed by atoms with Crippen molar-refractivity contribution in [2.45, 2.75) is 70.8 Å². The van der Waals surface area contributed by atoms with Crippen molar-refractivity contribution in [2.24, 2.45) is 0 Å². The lowest BCUT2D eigenvalue weighted by molar-refractivity contribution is 0.0989. The van der Waals surface area contributed by atoms with E-state index in [1.165, 1.54) is 4.90 Å². The Kier molecular flexibility index (Phi) is 11.3. The van der Waals surface area contributed by atoms with Gasteiger partial charge in [-0.05, 0) is 85.4 Å². The summed E-state index contributed by atoms with van der Waals surface area (Å²) in [6.45, 7) is 11.8. The van der Waals surface area contributed by atoms with E-state index in [1.807, 2.05) is 48.5 Å². The summed E-state index contributed by atoms with van der Waals surface area (Å²) in [6.07, 6.45) is 3.42. The summed E-state index contributed by atoms with van der Waals surface area (Å²) in [7, 11) is -0.378. The zero-order chi connectivity index (χ0) is 29.2. The van der Waals surface area contributed by atoms with Gasteiger partial charge in [0.2, 0.25) is 0 Å². The summed E-state index contributed by atoms with van der Waals surface area (Å²) >= 11 is 0. The van der Waals surface area contributed by atoms with Gasteiger partial charge >= 0.3 is 0 Å². The number of rotatable bonds is 14. The predicted octanol–water partition coefficient (Wildman–Crippen LogP) is 9.30. The number of ether oxygens (including phenoxy) is 1. The molecule has 0 saturated carbocycles. The fourth-order valence-corrected chi connectivity index (χ4v) is 6.60. The number of allylic oxidation sites excluding steroid dienone is 1. The number of hydrogen-bond acceptors (Lipinski definition) is 3. The number of carbonyl (C=O) groups is 1. The molecule has 0 saturated heterocycles. The zero-order valence-electron chi connectivity index (χ0n) is 24.8. The van der Waals surface area contributed by atoms with Crippen molar-refractivity contribution in [3.63, 3.8) is 0 Å². The highest BCUT2D eigenvalue weighted by molar-refractivity contribution is 6.74. The number of methoxy groups -OCH3 is 1. The Labute approximate surface area is 241 Å². The summed E-state index contributed by atoms with van der Waals surface area (Å²) in [5, 5.41) is 0.141. The Balaban J connectivity index is 1.93. The van der Waals surface area contributed by atoms with Crippen LogP contribution in [-0.4, -0.2) is 34.1 Å². The van der Waals surface area contributed by atoms with Crippen LogP contribution in [0.15, 0.2) is 90.6 Å². The lowest BCUT2D eigenvalue weighted by Crippen LogP contribution is -2.42. The summed E-state index contributed by atoms with van der Waals surface area (Å²) in [5.41, 5.74) is 2.18. The van der Waals surface area contributed by atoms with Gasteiger partial charge in [-0.1, -0.05) is 75.7 Å². The number of benzene rings is 3. The number of alkyl halides is 1. The molecule has 0 radical (unpaired) electrons. The van der Waals surface area contributed by atoms with Crippen molar-refractivity contribution < 1.29 is 18.3 Å². The number of halogens is 1. The van der Waals surface area contributed by atoms with E-state index in [0.717, 1.165) is 18.4 Å². The normalized spacial score (nSPS) is 13.1. The average Bonchev–Trinajstić information content (AvgIpc) is 2.96. The SMILES string of the molecule is CCCC(C)(C)[Si](C)(C)OCCCC(F)C(=Cc1ccccc1)N(C(=O)c1ccccc1)c1ccc(OC)cc1. The minimum absolute atomic E-state index is 0.141.